The second-order valence-electron chi connectivity index (χ2n) is 3.94. The van der Waals surface area contributed by atoms with Crippen molar-refractivity contribution in [2.24, 2.45) is 0 Å². The van der Waals surface area contributed by atoms with Gasteiger partial charge in [-0.15, -0.1) is 0 Å². The van der Waals surface area contributed by atoms with E-state index in [1.807, 2.05) is 6.07 Å². The molecular weight excluding hydrogens is 314 g/mol. The van der Waals surface area contributed by atoms with Gasteiger partial charge in [0.05, 0.1) is 17.3 Å². The number of rotatable bonds is 3. The Morgan fingerprint density at radius 3 is 2.58 bits per heavy atom. The van der Waals surface area contributed by atoms with Crippen LogP contribution in [0.2, 0.25) is 0 Å². The van der Waals surface area contributed by atoms with Gasteiger partial charge in [-0.2, -0.15) is 5.26 Å². The van der Waals surface area contributed by atoms with Gasteiger partial charge in [0.1, 0.15) is 11.6 Å². The smallest absolute Gasteiger partial charge is 0.147 e. The Bertz CT molecular complexity index is 630. The Balaban J connectivity index is 2.12. The van der Waals surface area contributed by atoms with Gasteiger partial charge in [-0.05, 0) is 42.0 Å². The zero-order valence-electron chi connectivity index (χ0n) is 9.75. The number of nitrogens with zero attached hydrogens (tertiary/aromatic N) is 1. The minimum atomic E-state index is -0.505. The van der Waals surface area contributed by atoms with Gasteiger partial charge in [0.25, 0.3) is 0 Å². The quantitative estimate of drug-likeness (QED) is 0.918. The summed E-state index contributed by atoms with van der Waals surface area (Å²) in [7, 11) is 0. The summed E-state index contributed by atoms with van der Waals surface area (Å²) in [6, 6.07) is 10.5. The molecule has 2 aromatic carbocycles. The maximum absolute atomic E-state index is 13.6. The van der Waals surface area contributed by atoms with E-state index in [-0.39, 0.29) is 17.1 Å². The molecule has 0 radical (unpaired) electrons. The van der Waals surface area contributed by atoms with Gasteiger partial charge in [-0.1, -0.05) is 15.9 Å². The molecule has 0 aromatic heterocycles. The fourth-order valence-corrected chi connectivity index (χ4v) is 2.15. The van der Waals surface area contributed by atoms with Crippen LogP contribution in [0.4, 0.5) is 14.5 Å². The highest BCUT2D eigenvalue weighted by Crippen LogP contribution is 2.19. The summed E-state index contributed by atoms with van der Waals surface area (Å²) in [4.78, 5) is 0. The van der Waals surface area contributed by atoms with Crippen LogP contribution >= 0.6 is 15.9 Å². The van der Waals surface area contributed by atoms with Crippen molar-refractivity contribution in [1.29, 1.82) is 5.26 Å². The van der Waals surface area contributed by atoms with Crippen LogP contribution in [0.3, 0.4) is 0 Å². The molecule has 0 unspecified atom stereocenters. The normalized spacial score (nSPS) is 10.0. The van der Waals surface area contributed by atoms with Crippen molar-refractivity contribution >= 4 is 21.6 Å². The summed E-state index contributed by atoms with van der Waals surface area (Å²) in [5, 5.41) is 11.5. The van der Waals surface area contributed by atoms with Crippen LogP contribution in [-0.4, -0.2) is 0 Å². The fraction of sp³-hybridized carbons (Fsp3) is 0.0714. The molecular formula is C14H9BrF2N2. The Morgan fingerprint density at radius 2 is 1.95 bits per heavy atom. The molecule has 0 amide bonds. The monoisotopic (exact) mass is 322 g/mol. The summed E-state index contributed by atoms with van der Waals surface area (Å²) in [6.45, 7) is 0.291. The number of hydrogen-bond acceptors (Lipinski definition) is 2. The maximum Gasteiger partial charge on any atom is 0.147 e. The van der Waals surface area contributed by atoms with Gasteiger partial charge in [-0.3, -0.25) is 0 Å². The third-order valence-corrected chi connectivity index (χ3v) is 2.96. The van der Waals surface area contributed by atoms with Gasteiger partial charge in [0, 0.05) is 11.0 Å². The molecule has 0 bridgehead atoms. The van der Waals surface area contributed by atoms with Gasteiger partial charge >= 0.3 is 0 Å². The average Bonchev–Trinajstić information content (AvgIpc) is 2.36. The molecule has 2 rings (SSSR count). The lowest BCUT2D eigenvalue weighted by atomic mass is 10.2. The lowest BCUT2D eigenvalue weighted by Gasteiger charge is -2.08. The lowest BCUT2D eigenvalue weighted by molar-refractivity contribution is 0.624. The van der Waals surface area contributed by atoms with Crippen molar-refractivity contribution in [2.75, 3.05) is 5.32 Å². The first-order valence-electron chi connectivity index (χ1n) is 5.47. The first-order chi connectivity index (χ1) is 9.08. The van der Waals surface area contributed by atoms with E-state index in [4.69, 9.17) is 5.26 Å². The van der Waals surface area contributed by atoms with Crippen molar-refractivity contribution in [1.82, 2.24) is 0 Å². The van der Waals surface area contributed by atoms with Crippen molar-refractivity contribution in [3.63, 3.8) is 0 Å². The standard InChI is InChI=1S/C14H9BrF2N2/c15-11-3-10(4-12(16)6-11)8-19-14-2-1-9(7-18)5-13(14)17/h1-6,19H,8H2. The number of hydrogen-bond donors (Lipinski definition) is 1. The molecule has 0 heterocycles. The third kappa shape index (κ3) is 3.52. The van der Waals surface area contributed by atoms with E-state index in [1.165, 1.54) is 24.3 Å². The summed E-state index contributed by atoms with van der Waals surface area (Å²) in [5.41, 5.74) is 1.23. The highest BCUT2D eigenvalue weighted by atomic mass is 79.9. The third-order valence-electron chi connectivity index (χ3n) is 2.50. The zero-order valence-corrected chi connectivity index (χ0v) is 11.3. The highest BCUT2D eigenvalue weighted by molar-refractivity contribution is 9.10. The van der Waals surface area contributed by atoms with Crippen LogP contribution in [0.1, 0.15) is 11.1 Å². The maximum atomic E-state index is 13.6. The summed E-state index contributed by atoms with van der Waals surface area (Å²) < 4.78 is 27.4. The Labute approximate surface area is 117 Å². The van der Waals surface area contributed by atoms with Crippen molar-refractivity contribution in [2.45, 2.75) is 6.54 Å². The first-order valence-corrected chi connectivity index (χ1v) is 6.26. The minimum absolute atomic E-state index is 0.261. The van der Waals surface area contributed by atoms with Crippen LogP contribution in [0.5, 0.6) is 0 Å². The molecule has 0 spiro atoms. The molecule has 0 aliphatic rings. The molecule has 0 saturated carbocycles. The lowest BCUT2D eigenvalue weighted by Crippen LogP contribution is -2.02. The van der Waals surface area contributed by atoms with E-state index in [9.17, 15) is 8.78 Å². The zero-order chi connectivity index (χ0) is 13.8. The van der Waals surface area contributed by atoms with E-state index in [0.717, 1.165) is 6.07 Å². The SMILES string of the molecule is N#Cc1ccc(NCc2cc(F)cc(Br)c2)c(F)c1. The minimum Gasteiger partial charge on any atom is -0.379 e. The van der Waals surface area contributed by atoms with Gasteiger partial charge in [0.2, 0.25) is 0 Å². The second-order valence-corrected chi connectivity index (χ2v) is 4.85. The number of nitrogens with one attached hydrogen (secondary N) is 1. The summed E-state index contributed by atoms with van der Waals surface area (Å²) in [5.74, 6) is -0.860. The van der Waals surface area contributed by atoms with Crippen LogP contribution in [0.15, 0.2) is 40.9 Å². The predicted octanol–water partition coefficient (Wildman–Crippen LogP) is 4.21. The first kappa shape index (κ1) is 13.5. The van der Waals surface area contributed by atoms with E-state index in [2.05, 4.69) is 21.2 Å². The van der Waals surface area contributed by atoms with Gasteiger partial charge in [0.15, 0.2) is 0 Å². The van der Waals surface area contributed by atoms with Crippen LogP contribution in [0, 0.1) is 23.0 Å². The summed E-state index contributed by atoms with van der Waals surface area (Å²) >= 11 is 3.19. The molecule has 19 heavy (non-hydrogen) atoms. The molecule has 2 nitrogen and oxygen atoms in total. The molecule has 0 atom stereocenters. The largest absolute Gasteiger partial charge is 0.379 e. The molecule has 0 saturated heterocycles. The molecule has 1 N–H and O–H groups in total. The van der Waals surface area contributed by atoms with Gasteiger partial charge < -0.3 is 5.32 Å². The molecule has 5 heteroatoms. The molecule has 2 aromatic rings. The highest BCUT2D eigenvalue weighted by Gasteiger charge is 2.04. The Hall–Kier alpha value is -1.93. The van der Waals surface area contributed by atoms with E-state index < -0.39 is 5.82 Å². The fourth-order valence-electron chi connectivity index (χ4n) is 1.64. The molecule has 0 aliphatic heterocycles. The summed E-state index contributed by atoms with van der Waals surface area (Å²) in [6.07, 6.45) is 0. The Morgan fingerprint density at radius 1 is 1.16 bits per heavy atom. The van der Waals surface area contributed by atoms with E-state index in [0.29, 0.717) is 16.6 Å². The second kappa shape index (κ2) is 5.81. The molecule has 96 valence electrons. The van der Waals surface area contributed by atoms with E-state index in [1.54, 1.807) is 6.07 Å². The van der Waals surface area contributed by atoms with Crippen LogP contribution < -0.4 is 5.32 Å². The van der Waals surface area contributed by atoms with Crippen molar-refractivity contribution in [3.8, 4) is 6.07 Å². The number of benzene rings is 2. The van der Waals surface area contributed by atoms with Crippen molar-refractivity contribution < 1.29 is 8.78 Å². The molecule has 0 fully saturated rings. The van der Waals surface area contributed by atoms with Crippen molar-refractivity contribution in [3.05, 3.63) is 63.6 Å². The number of halogens is 3. The van der Waals surface area contributed by atoms with Crippen LogP contribution in [0.25, 0.3) is 0 Å². The number of anilines is 1. The molecule has 0 aliphatic carbocycles. The van der Waals surface area contributed by atoms with Crippen LogP contribution in [-0.2, 0) is 6.54 Å². The van der Waals surface area contributed by atoms with E-state index >= 15 is 0 Å². The Kier molecular flexibility index (Phi) is 4.13. The number of nitriles is 1. The predicted molar refractivity (Wildman–Crippen MR) is 72.5 cm³/mol. The van der Waals surface area contributed by atoms with Gasteiger partial charge in [-0.25, -0.2) is 8.78 Å². The topological polar surface area (TPSA) is 35.8 Å². The average molecular weight is 323 g/mol.